The first kappa shape index (κ1) is 20.1. The minimum atomic E-state index is 0.576. The van der Waals surface area contributed by atoms with E-state index in [-0.39, 0.29) is 0 Å². The quantitative estimate of drug-likeness (QED) is 0.420. The van der Waals surface area contributed by atoms with E-state index in [2.05, 4.69) is 61.3 Å². The van der Waals surface area contributed by atoms with Gasteiger partial charge < -0.3 is 14.1 Å². The number of hydrogen-bond donors (Lipinski definition) is 0. The normalized spacial score (nSPS) is 14.6. The molecule has 0 fully saturated rings. The topological polar surface area (TPSA) is 42.4 Å². The van der Waals surface area contributed by atoms with Crippen LogP contribution in [0.3, 0.4) is 0 Å². The number of fused-ring (bicyclic) bond motifs is 2. The molecule has 4 aromatic rings. The molecule has 3 heterocycles. The number of ether oxygens (including phenoxy) is 1. The molecule has 0 amide bonds. The summed E-state index contributed by atoms with van der Waals surface area (Å²) in [5.74, 6) is 1.39. The van der Waals surface area contributed by atoms with Crippen molar-refractivity contribution in [2.45, 2.75) is 13.3 Å². The summed E-state index contributed by atoms with van der Waals surface area (Å²) in [7, 11) is 5.76. The molecular weight excluding hydrogens is 398 g/mol. The highest BCUT2D eigenvalue weighted by atomic mass is 16.5. The molecule has 5 rings (SSSR count). The molecular formula is C27H26N3O2+. The number of hydrogen-bond acceptors (Lipinski definition) is 4. The molecule has 1 aliphatic rings. The molecule has 32 heavy (non-hydrogen) atoms. The van der Waals surface area contributed by atoms with Gasteiger partial charge in [0.2, 0.25) is 5.58 Å². The lowest BCUT2D eigenvalue weighted by Crippen LogP contribution is -2.28. The van der Waals surface area contributed by atoms with Crippen LogP contribution in [0.4, 0.5) is 5.69 Å². The zero-order chi connectivity index (χ0) is 22.2. The maximum Gasteiger partial charge on any atom is 0.370 e. The van der Waals surface area contributed by atoms with Crippen molar-refractivity contribution in [3.8, 4) is 5.75 Å². The van der Waals surface area contributed by atoms with Crippen molar-refractivity contribution >= 4 is 34.3 Å². The molecule has 0 radical (unpaired) electrons. The van der Waals surface area contributed by atoms with Gasteiger partial charge in [-0.1, -0.05) is 31.2 Å². The third-order valence-electron chi connectivity index (χ3n) is 6.01. The van der Waals surface area contributed by atoms with E-state index in [1.54, 1.807) is 7.11 Å². The monoisotopic (exact) mass is 424 g/mol. The van der Waals surface area contributed by atoms with Gasteiger partial charge in [-0.05, 0) is 59.5 Å². The Morgan fingerprint density at radius 3 is 2.66 bits per heavy atom. The minimum absolute atomic E-state index is 0.576. The van der Waals surface area contributed by atoms with E-state index in [1.807, 2.05) is 42.1 Å². The molecule has 2 aromatic heterocycles. The minimum Gasteiger partial charge on any atom is -0.497 e. The van der Waals surface area contributed by atoms with Crippen LogP contribution in [0.2, 0.25) is 0 Å². The van der Waals surface area contributed by atoms with Crippen LogP contribution in [-0.4, -0.2) is 19.1 Å². The van der Waals surface area contributed by atoms with Gasteiger partial charge in [0, 0.05) is 35.1 Å². The number of anilines is 1. The second-order valence-electron chi connectivity index (χ2n) is 7.98. The smallest absolute Gasteiger partial charge is 0.370 e. The van der Waals surface area contributed by atoms with Gasteiger partial charge in [-0.15, -0.1) is 0 Å². The van der Waals surface area contributed by atoms with E-state index in [9.17, 15) is 0 Å². The van der Waals surface area contributed by atoms with Crippen LogP contribution >= 0.6 is 0 Å². The van der Waals surface area contributed by atoms with E-state index >= 15 is 0 Å². The van der Waals surface area contributed by atoms with Gasteiger partial charge in [0.25, 0.3) is 0 Å². The van der Waals surface area contributed by atoms with Crippen LogP contribution in [0.5, 0.6) is 5.75 Å². The summed E-state index contributed by atoms with van der Waals surface area (Å²) in [6.07, 6.45) is 7.19. The summed E-state index contributed by atoms with van der Waals surface area (Å²) in [6.45, 7) is 2.17. The second-order valence-corrected chi connectivity index (χ2v) is 7.98. The molecule has 0 N–H and O–H groups in total. The highest BCUT2D eigenvalue weighted by Gasteiger charge is 2.24. The van der Waals surface area contributed by atoms with Crippen molar-refractivity contribution in [1.82, 2.24) is 4.98 Å². The number of benzene rings is 2. The summed E-state index contributed by atoms with van der Waals surface area (Å²) in [4.78, 5) is 6.93. The zero-order valence-corrected chi connectivity index (χ0v) is 18.8. The molecule has 5 heteroatoms. The van der Waals surface area contributed by atoms with Crippen molar-refractivity contribution in [3.05, 3.63) is 89.5 Å². The van der Waals surface area contributed by atoms with Crippen molar-refractivity contribution in [2.24, 2.45) is 7.05 Å². The molecule has 0 saturated carbocycles. The lowest BCUT2D eigenvalue weighted by atomic mass is 9.94. The van der Waals surface area contributed by atoms with Gasteiger partial charge in [-0.25, -0.2) is 4.57 Å². The molecule has 0 unspecified atom stereocenters. The fourth-order valence-corrected chi connectivity index (χ4v) is 4.15. The standard InChI is InChI=1S/C27H26N3O2/c1-5-18-8-10-19(11-9-18)24-15-20(22-17-21(31-4)12-13-23(22)30(24)3)16-26-28-27-25(32-26)7-6-14-29(27)2/h6-17H,5H2,1-4H3/q+1. The fraction of sp³-hybridized carbons (Fsp3) is 0.185. The van der Waals surface area contributed by atoms with Gasteiger partial charge in [-0.3, -0.25) is 0 Å². The average Bonchev–Trinajstić information content (AvgIpc) is 3.24. The maximum absolute atomic E-state index is 6.04. The molecule has 0 aliphatic carbocycles. The number of oxazole rings is 1. The Morgan fingerprint density at radius 1 is 1.12 bits per heavy atom. The molecule has 5 nitrogen and oxygen atoms in total. The van der Waals surface area contributed by atoms with E-state index in [1.165, 1.54) is 11.1 Å². The van der Waals surface area contributed by atoms with Gasteiger partial charge in [-0.2, -0.15) is 0 Å². The zero-order valence-electron chi connectivity index (χ0n) is 18.8. The van der Waals surface area contributed by atoms with Crippen LogP contribution in [0.15, 0.2) is 71.3 Å². The summed E-state index contributed by atoms with van der Waals surface area (Å²) in [5, 5.41) is 0. The molecule has 1 aliphatic heterocycles. The molecule has 0 atom stereocenters. The molecule has 0 spiro atoms. The number of aryl methyl sites for hydroxylation is 2. The largest absolute Gasteiger partial charge is 0.497 e. The van der Waals surface area contributed by atoms with Gasteiger partial charge in [0.05, 0.1) is 20.4 Å². The predicted molar refractivity (Wildman–Crippen MR) is 128 cm³/mol. The Labute approximate surface area is 187 Å². The van der Waals surface area contributed by atoms with Crippen molar-refractivity contribution in [1.29, 1.82) is 0 Å². The molecule has 2 aromatic carbocycles. The van der Waals surface area contributed by atoms with E-state index < -0.39 is 0 Å². The Kier molecular flexibility index (Phi) is 5.02. The highest BCUT2D eigenvalue weighted by molar-refractivity contribution is 6.03. The van der Waals surface area contributed by atoms with Gasteiger partial charge in [0.15, 0.2) is 0 Å². The summed E-state index contributed by atoms with van der Waals surface area (Å²) >= 11 is 0. The molecule has 160 valence electrons. The highest BCUT2D eigenvalue weighted by Crippen LogP contribution is 2.41. The van der Waals surface area contributed by atoms with Crippen molar-refractivity contribution in [2.75, 3.05) is 19.1 Å². The predicted octanol–water partition coefficient (Wildman–Crippen LogP) is 5.25. The number of allylic oxidation sites excluding steroid dienone is 2. The lowest BCUT2D eigenvalue weighted by molar-refractivity contribution is -0.646. The fourth-order valence-electron chi connectivity index (χ4n) is 4.15. The van der Waals surface area contributed by atoms with E-state index in [0.717, 1.165) is 45.9 Å². The van der Waals surface area contributed by atoms with Crippen LogP contribution in [0, 0.1) is 0 Å². The van der Waals surface area contributed by atoms with Crippen LogP contribution in [0.1, 0.15) is 29.5 Å². The van der Waals surface area contributed by atoms with Crippen LogP contribution in [0.25, 0.3) is 28.6 Å². The summed E-state index contributed by atoms with van der Waals surface area (Å²) < 4.78 is 13.5. The van der Waals surface area contributed by atoms with Gasteiger partial charge in [0.1, 0.15) is 5.75 Å². The van der Waals surface area contributed by atoms with E-state index in [0.29, 0.717) is 5.89 Å². The number of nitrogens with zero attached hydrogens (tertiary/aromatic N) is 3. The molecule has 0 bridgehead atoms. The number of methoxy groups -OCH3 is 1. The second kappa shape index (κ2) is 8.00. The third kappa shape index (κ3) is 3.46. The van der Waals surface area contributed by atoms with Crippen LogP contribution < -0.4 is 14.2 Å². The Morgan fingerprint density at radius 2 is 1.94 bits per heavy atom. The first-order chi connectivity index (χ1) is 15.6. The SMILES string of the molecule is CCc1ccc(C2=CC(=Cc3nc4c(ccc[n+]4C)o3)c3cc(OC)ccc3N2C)cc1. The lowest BCUT2D eigenvalue weighted by Gasteiger charge is -2.30. The Balaban J connectivity index is 1.68. The Bertz CT molecular complexity index is 1360. The van der Waals surface area contributed by atoms with Gasteiger partial charge >= 0.3 is 11.5 Å². The number of rotatable bonds is 4. The number of pyridine rings is 1. The summed E-state index contributed by atoms with van der Waals surface area (Å²) in [5.41, 5.74) is 8.41. The van der Waals surface area contributed by atoms with Crippen molar-refractivity contribution in [3.63, 3.8) is 0 Å². The Hall–Kier alpha value is -3.86. The first-order valence-electron chi connectivity index (χ1n) is 10.8. The summed E-state index contributed by atoms with van der Waals surface area (Å²) in [6, 6.07) is 18.8. The molecule has 0 saturated heterocycles. The maximum atomic E-state index is 6.04. The van der Waals surface area contributed by atoms with E-state index in [4.69, 9.17) is 14.1 Å². The van der Waals surface area contributed by atoms with Crippen LogP contribution in [-0.2, 0) is 13.5 Å². The number of aromatic nitrogens is 2. The first-order valence-corrected chi connectivity index (χ1v) is 10.8. The average molecular weight is 425 g/mol. The third-order valence-corrected chi connectivity index (χ3v) is 6.01. The van der Waals surface area contributed by atoms with Crippen molar-refractivity contribution < 1.29 is 13.7 Å².